The van der Waals surface area contributed by atoms with Crippen molar-refractivity contribution in [1.29, 1.82) is 0 Å². The van der Waals surface area contributed by atoms with Gasteiger partial charge in [0.05, 0.1) is 0 Å². The van der Waals surface area contributed by atoms with Crippen molar-refractivity contribution in [3.8, 4) is 5.75 Å². The molecule has 0 heterocycles. The van der Waals surface area contributed by atoms with Crippen LogP contribution in [0.3, 0.4) is 0 Å². The van der Waals surface area contributed by atoms with Crippen LogP contribution in [0.1, 0.15) is 24.1 Å². The molecule has 1 atom stereocenters. The molecule has 0 saturated heterocycles. The third-order valence-corrected chi connectivity index (χ3v) is 3.71. The summed E-state index contributed by atoms with van der Waals surface area (Å²) in [6.45, 7) is 2.27. The van der Waals surface area contributed by atoms with Crippen LogP contribution < -0.4 is 10.1 Å². The molecule has 0 aliphatic heterocycles. The lowest BCUT2D eigenvalue weighted by Gasteiger charge is -2.17. The molecule has 0 saturated carbocycles. The van der Waals surface area contributed by atoms with E-state index in [4.69, 9.17) is 4.74 Å². The van der Waals surface area contributed by atoms with Crippen molar-refractivity contribution in [3.05, 3.63) is 63.9 Å². The summed E-state index contributed by atoms with van der Waals surface area (Å²) in [4.78, 5) is 0. The molecule has 0 bridgehead atoms. The standard InChI is InChI=1S/C16H17BrFNO/c1-11(19-2)14-8-7-13(17)9-16(14)20-10-12-5-3-4-6-15(12)18/h3-9,11,19H,10H2,1-2H3. The molecule has 2 rings (SSSR count). The van der Waals surface area contributed by atoms with Crippen molar-refractivity contribution in [2.75, 3.05) is 7.05 Å². The fourth-order valence-corrected chi connectivity index (χ4v) is 2.26. The fourth-order valence-electron chi connectivity index (χ4n) is 1.92. The zero-order valence-electron chi connectivity index (χ0n) is 11.5. The van der Waals surface area contributed by atoms with E-state index in [0.29, 0.717) is 5.56 Å². The highest BCUT2D eigenvalue weighted by atomic mass is 79.9. The zero-order chi connectivity index (χ0) is 14.5. The van der Waals surface area contributed by atoms with Crippen molar-refractivity contribution in [2.45, 2.75) is 19.6 Å². The maximum absolute atomic E-state index is 13.6. The largest absolute Gasteiger partial charge is 0.488 e. The van der Waals surface area contributed by atoms with E-state index < -0.39 is 0 Å². The summed E-state index contributed by atoms with van der Waals surface area (Å²) in [7, 11) is 1.90. The van der Waals surface area contributed by atoms with Crippen LogP contribution in [0.25, 0.3) is 0 Å². The highest BCUT2D eigenvalue weighted by Crippen LogP contribution is 2.29. The number of ether oxygens (including phenoxy) is 1. The zero-order valence-corrected chi connectivity index (χ0v) is 13.1. The van der Waals surface area contributed by atoms with Gasteiger partial charge in [0.25, 0.3) is 0 Å². The van der Waals surface area contributed by atoms with Crippen LogP contribution >= 0.6 is 15.9 Å². The molecule has 1 N–H and O–H groups in total. The van der Waals surface area contributed by atoms with Crippen LogP contribution in [-0.4, -0.2) is 7.05 Å². The Labute approximate surface area is 127 Å². The Balaban J connectivity index is 2.20. The average molecular weight is 338 g/mol. The van der Waals surface area contributed by atoms with Crippen LogP contribution in [-0.2, 0) is 6.61 Å². The number of rotatable bonds is 5. The first-order valence-electron chi connectivity index (χ1n) is 6.44. The van der Waals surface area contributed by atoms with E-state index in [9.17, 15) is 4.39 Å². The van der Waals surface area contributed by atoms with Crippen molar-refractivity contribution in [2.24, 2.45) is 0 Å². The van der Waals surface area contributed by atoms with Crippen LogP contribution in [0.2, 0.25) is 0 Å². The van der Waals surface area contributed by atoms with Gasteiger partial charge < -0.3 is 10.1 Å². The lowest BCUT2D eigenvalue weighted by Crippen LogP contribution is -2.14. The van der Waals surface area contributed by atoms with Crippen LogP contribution in [0.4, 0.5) is 4.39 Å². The van der Waals surface area contributed by atoms with Gasteiger partial charge in [-0.05, 0) is 32.2 Å². The summed E-state index contributed by atoms with van der Waals surface area (Å²) < 4.78 is 20.3. The summed E-state index contributed by atoms with van der Waals surface area (Å²) in [6.07, 6.45) is 0. The van der Waals surface area contributed by atoms with Crippen molar-refractivity contribution < 1.29 is 9.13 Å². The topological polar surface area (TPSA) is 21.3 Å². The fraction of sp³-hybridized carbons (Fsp3) is 0.250. The Morgan fingerprint density at radius 2 is 2.00 bits per heavy atom. The van der Waals surface area contributed by atoms with Gasteiger partial charge in [-0.3, -0.25) is 0 Å². The predicted octanol–water partition coefficient (Wildman–Crippen LogP) is 4.45. The summed E-state index contributed by atoms with van der Waals surface area (Å²) in [5.41, 5.74) is 1.60. The minimum absolute atomic E-state index is 0.165. The van der Waals surface area contributed by atoms with E-state index in [2.05, 4.69) is 28.2 Å². The van der Waals surface area contributed by atoms with E-state index >= 15 is 0 Å². The molecule has 106 valence electrons. The number of halogens is 2. The quantitative estimate of drug-likeness (QED) is 0.870. The highest BCUT2D eigenvalue weighted by molar-refractivity contribution is 9.10. The first-order chi connectivity index (χ1) is 9.61. The lowest BCUT2D eigenvalue weighted by atomic mass is 10.1. The Bertz CT molecular complexity index is 588. The first-order valence-corrected chi connectivity index (χ1v) is 7.24. The molecule has 2 aromatic carbocycles. The molecule has 20 heavy (non-hydrogen) atoms. The smallest absolute Gasteiger partial charge is 0.129 e. The maximum atomic E-state index is 13.6. The maximum Gasteiger partial charge on any atom is 0.129 e. The first kappa shape index (κ1) is 15.0. The molecule has 0 radical (unpaired) electrons. The summed E-state index contributed by atoms with van der Waals surface area (Å²) >= 11 is 3.43. The minimum Gasteiger partial charge on any atom is -0.488 e. The third kappa shape index (κ3) is 3.58. The second kappa shape index (κ2) is 6.86. The van der Waals surface area contributed by atoms with Gasteiger partial charge >= 0.3 is 0 Å². The van der Waals surface area contributed by atoms with Gasteiger partial charge in [-0.1, -0.05) is 40.2 Å². The van der Waals surface area contributed by atoms with Gasteiger partial charge in [-0.25, -0.2) is 4.39 Å². The molecule has 1 unspecified atom stereocenters. The van der Waals surface area contributed by atoms with E-state index in [0.717, 1.165) is 15.8 Å². The Kier molecular flexibility index (Phi) is 5.15. The van der Waals surface area contributed by atoms with Gasteiger partial charge in [0.1, 0.15) is 18.2 Å². The number of benzene rings is 2. The van der Waals surface area contributed by atoms with Crippen molar-refractivity contribution >= 4 is 15.9 Å². The second-order valence-electron chi connectivity index (χ2n) is 4.57. The molecule has 0 fully saturated rings. The lowest BCUT2D eigenvalue weighted by molar-refractivity contribution is 0.294. The molecule has 0 spiro atoms. The van der Waals surface area contributed by atoms with Crippen LogP contribution in [0.15, 0.2) is 46.9 Å². The number of hydrogen-bond acceptors (Lipinski definition) is 2. The molecule has 2 nitrogen and oxygen atoms in total. The summed E-state index contributed by atoms with van der Waals surface area (Å²) in [5, 5.41) is 3.18. The molecule has 0 aliphatic carbocycles. The van der Waals surface area contributed by atoms with E-state index in [1.54, 1.807) is 18.2 Å². The van der Waals surface area contributed by atoms with E-state index in [1.807, 2.05) is 25.2 Å². The Hall–Kier alpha value is -1.39. The Morgan fingerprint density at radius 3 is 2.70 bits per heavy atom. The van der Waals surface area contributed by atoms with Gasteiger partial charge in [-0.2, -0.15) is 0 Å². The number of hydrogen-bond donors (Lipinski definition) is 1. The SMILES string of the molecule is CNC(C)c1ccc(Br)cc1OCc1ccccc1F. The average Bonchev–Trinajstić information content (AvgIpc) is 2.46. The molecule has 2 aromatic rings. The predicted molar refractivity (Wildman–Crippen MR) is 82.3 cm³/mol. The molecule has 4 heteroatoms. The Morgan fingerprint density at radius 1 is 1.25 bits per heavy atom. The molecule has 0 aromatic heterocycles. The minimum atomic E-state index is -0.245. The molecule has 0 aliphatic rings. The molecule has 0 amide bonds. The third-order valence-electron chi connectivity index (χ3n) is 3.22. The highest BCUT2D eigenvalue weighted by Gasteiger charge is 2.11. The van der Waals surface area contributed by atoms with E-state index in [-0.39, 0.29) is 18.5 Å². The van der Waals surface area contributed by atoms with Crippen molar-refractivity contribution in [3.63, 3.8) is 0 Å². The van der Waals surface area contributed by atoms with Gasteiger partial charge in [0, 0.05) is 21.6 Å². The number of nitrogens with one attached hydrogen (secondary N) is 1. The monoisotopic (exact) mass is 337 g/mol. The van der Waals surface area contributed by atoms with Gasteiger partial charge in [-0.15, -0.1) is 0 Å². The van der Waals surface area contributed by atoms with Gasteiger partial charge in [0.2, 0.25) is 0 Å². The van der Waals surface area contributed by atoms with Crippen LogP contribution in [0.5, 0.6) is 5.75 Å². The van der Waals surface area contributed by atoms with E-state index in [1.165, 1.54) is 6.07 Å². The normalized spacial score (nSPS) is 12.2. The molecular weight excluding hydrogens is 321 g/mol. The molecular formula is C16H17BrFNO. The van der Waals surface area contributed by atoms with Crippen molar-refractivity contribution in [1.82, 2.24) is 5.32 Å². The summed E-state index contributed by atoms with van der Waals surface area (Å²) in [6, 6.07) is 12.7. The summed E-state index contributed by atoms with van der Waals surface area (Å²) in [5.74, 6) is 0.509. The van der Waals surface area contributed by atoms with Crippen LogP contribution in [0, 0.1) is 5.82 Å². The second-order valence-corrected chi connectivity index (χ2v) is 5.49. The van der Waals surface area contributed by atoms with Gasteiger partial charge in [0.15, 0.2) is 0 Å².